The van der Waals surface area contributed by atoms with Crippen LogP contribution < -0.4 is 5.19 Å². The Bertz CT molecular complexity index is 584. The third-order valence-corrected chi connectivity index (χ3v) is 6.73. The Morgan fingerprint density at radius 3 is 2.35 bits per heavy atom. The van der Waals surface area contributed by atoms with Gasteiger partial charge >= 0.3 is 6.09 Å². The van der Waals surface area contributed by atoms with Crippen molar-refractivity contribution in [2.45, 2.75) is 45.1 Å². The molecule has 0 unspecified atom stereocenters. The van der Waals surface area contributed by atoms with Crippen LogP contribution in [0, 0.1) is 0 Å². The molecule has 1 heterocycles. The van der Waals surface area contributed by atoms with E-state index in [4.69, 9.17) is 4.74 Å². The molecule has 0 atom stereocenters. The first-order valence-corrected chi connectivity index (χ1v) is 11.0. The third-order valence-electron chi connectivity index (χ3n) is 3.91. The summed E-state index contributed by atoms with van der Waals surface area (Å²) >= 11 is 0. The standard InChI is InChI=1S/C18H27NO3Si/c1-17(2,3)22-16(20)19-13-18(21,14-19)11-12-23(4,5)15-9-7-6-8-10-15/h6-12,21H,13-14H2,1-5H3/b12-11+. The van der Waals surface area contributed by atoms with E-state index in [1.54, 1.807) is 0 Å². The van der Waals surface area contributed by atoms with Gasteiger partial charge < -0.3 is 14.7 Å². The van der Waals surface area contributed by atoms with Crippen molar-refractivity contribution < 1.29 is 14.6 Å². The predicted octanol–water partition coefficient (Wildman–Crippen LogP) is 2.68. The van der Waals surface area contributed by atoms with Crippen molar-refractivity contribution in [1.82, 2.24) is 4.90 Å². The molecular weight excluding hydrogens is 306 g/mol. The average molecular weight is 334 g/mol. The second-order valence-corrected chi connectivity index (χ2v) is 12.2. The first kappa shape index (κ1) is 17.8. The average Bonchev–Trinajstić information content (AvgIpc) is 2.41. The van der Waals surface area contributed by atoms with Crippen LogP contribution in [0.3, 0.4) is 0 Å². The molecule has 2 rings (SSSR count). The number of likely N-dealkylation sites (tertiary alicyclic amines) is 1. The van der Waals surface area contributed by atoms with E-state index >= 15 is 0 Å². The molecule has 126 valence electrons. The Morgan fingerprint density at radius 2 is 1.83 bits per heavy atom. The van der Waals surface area contributed by atoms with Crippen molar-refractivity contribution in [2.24, 2.45) is 0 Å². The number of amides is 1. The van der Waals surface area contributed by atoms with E-state index in [-0.39, 0.29) is 19.2 Å². The molecule has 1 aromatic carbocycles. The molecule has 4 nitrogen and oxygen atoms in total. The van der Waals surface area contributed by atoms with Crippen LogP contribution in [0.5, 0.6) is 0 Å². The summed E-state index contributed by atoms with van der Waals surface area (Å²) in [5.74, 6) is 0. The number of hydrogen-bond donors (Lipinski definition) is 1. The van der Waals surface area contributed by atoms with Gasteiger partial charge in [0.15, 0.2) is 0 Å². The smallest absolute Gasteiger partial charge is 0.410 e. The van der Waals surface area contributed by atoms with E-state index in [9.17, 15) is 9.90 Å². The fourth-order valence-corrected chi connectivity index (χ4v) is 4.47. The van der Waals surface area contributed by atoms with Crippen LogP contribution in [0.15, 0.2) is 42.1 Å². The topological polar surface area (TPSA) is 49.8 Å². The van der Waals surface area contributed by atoms with Crippen molar-refractivity contribution in [2.75, 3.05) is 13.1 Å². The minimum Gasteiger partial charge on any atom is -0.444 e. The lowest BCUT2D eigenvalue weighted by Gasteiger charge is -2.45. The summed E-state index contributed by atoms with van der Waals surface area (Å²) < 4.78 is 5.31. The highest BCUT2D eigenvalue weighted by Crippen LogP contribution is 2.25. The Morgan fingerprint density at radius 1 is 1.26 bits per heavy atom. The summed E-state index contributed by atoms with van der Waals surface area (Å²) in [7, 11) is -1.73. The molecule has 0 saturated carbocycles. The summed E-state index contributed by atoms with van der Waals surface area (Å²) in [6.45, 7) is 10.6. The highest BCUT2D eigenvalue weighted by molar-refractivity contribution is 6.93. The van der Waals surface area contributed by atoms with Gasteiger partial charge in [0.2, 0.25) is 0 Å². The molecule has 0 spiro atoms. The lowest BCUT2D eigenvalue weighted by Crippen LogP contribution is -2.63. The molecule has 0 aromatic heterocycles. The number of hydrogen-bond acceptors (Lipinski definition) is 3. The van der Waals surface area contributed by atoms with E-state index in [0.717, 1.165) is 0 Å². The summed E-state index contributed by atoms with van der Waals surface area (Å²) in [6, 6.07) is 10.4. The second kappa shape index (κ2) is 6.13. The zero-order chi connectivity index (χ0) is 17.3. The van der Waals surface area contributed by atoms with E-state index in [1.165, 1.54) is 10.1 Å². The van der Waals surface area contributed by atoms with Crippen LogP contribution in [0.25, 0.3) is 0 Å². The Kier molecular flexibility index (Phi) is 4.73. The second-order valence-electron chi connectivity index (χ2n) is 7.86. The summed E-state index contributed by atoms with van der Waals surface area (Å²) in [6.07, 6.45) is 1.50. The number of ether oxygens (including phenoxy) is 1. The highest BCUT2D eigenvalue weighted by Gasteiger charge is 2.43. The number of aliphatic hydroxyl groups is 1. The van der Waals surface area contributed by atoms with Gasteiger partial charge in [-0.2, -0.15) is 0 Å². The van der Waals surface area contributed by atoms with Gasteiger partial charge in [0.25, 0.3) is 0 Å². The maximum Gasteiger partial charge on any atom is 0.410 e. The molecule has 1 saturated heterocycles. The fraction of sp³-hybridized carbons (Fsp3) is 0.500. The molecule has 1 N–H and O–H groups in total. The molecule has 1 aliphatic heterocycles. The fourth-order valence-electron chi connectivity index (χ4n) is 2.50. The summed E-state index contributed by atoms with van der Waals surface area (Å²) in [5.41, 5.74) is 0.702. The van der Waals surface area contributed by atoms with Gasteiger partial charge in [-0.15, -0.1) is 0 Å². The zero-order valence-corrected chi connectivity index (χ0v) is 15.7. The third kappa shape index (κ3) is 4.69. The van der Waals surface area contributed by atoms with Crippen LogP contribution in [0.4, 0.5) is 4.79 Å². The number of β-amino-alcohol motifs (C(OH)–C–C–N with tert-alkyl or cyclic N) is 1. The van der Waals surface area contributed by atoms with Crippen LogP contribution >= 0.6 is 0 Å². The van der Waals surface area contributed by atoms with Gasteiger partial charge in [-0.3, -0.25) is 0 Å². The zero-order valence-electron chi connectivity index (χ0n) is 14.7. The van der Waals surface area contributed by atoms with Gasteiger partial charge in [-0.1, -0.05) is 60.4 Å². The lowest BCUT2D eigenvalue weighted by atomic mass is 9.95. The maximum absolute atomic E-state index is 11.9. The quantitative estimate of drug-likeness (QED) is 0.865. The number of nitrogens with zero attached hydrogens (tertiary/aromatic N) is 1. The van der Waals surface area contributed by atoms with Crippen molar-refractivity contribution >= 4 is 19.4 Å². The molecule has 1 aromatic rings. The SMILES string of the molecule is CC(C)(C)OC(=O)N1CC(O)(/C=C/[Si](C)(C)c2ccccc2)C1. The molecule has 1 fully saturated rings. The van der Waals surface area contributed by atoms with Crippen LogP contribution in [-0.4, -0.2) is 48.5 Å². The Balaban J connectivity index is 1.96. The molecule has 5 heteroatoms. The van der Waals surface area contributed by atoms with Crippen LogP contribution in [0.1, 0.15) is 20.8 Å². The van der Waals surface area contributed by atoms with E-state index < -0.39 is 19.3 Å². The highest BCUT2D eigenvalue weighted by atomic mass is 28.3. The first-order chi connectivity index (χ1) is 10.5. The Hall–Kier alpha value is -1.59. The van der Waals surface area contributed by atoms with Crippen molar-refractivity contribution in [1.29, 1.82) is 0 Å². The molecule has 0 aliphatic carbocycles. The van der Waals surface area contributed by atoms with Gasteiger partial charge in [0.05, 0.1) is 13.1 Å². The number of carbonyl (C=O) groups excluding carboxylic acids is 1. The minimum absolute atomic E-state index is 0.289. The van der Waals surface area contributed by atoms with E-state index in [1.807, 2.05) is 45.0 Å². The number of benzene rings is 1. The van der Waals surface area contributed by atoms with Crippen LogP contribution in [0.2, 0.25) is 13.1 Å². The maximum atomic E-state index is 11.9. The van der Waals surface area contributed by atoms with Crippen molar-refractivity contribution in [3.63, 3.8) is 0 Å². The molecule has 1 amide bonds. The number of carbonyl (C=O) groups is 1. The molecule has 23 heavy (non-hydrogen) atoms. The van der Waals surface area contributed by atoms with Gasteiger partial charge in [-0.05, 0) is 20.8 Å². The van der Waals surface area contributed by atoms with Gasteiger partial charge in [-0.25, -0.2) is 4.79 Å². The molecule has 1 aliphatic rings. The van der Waals surface area contributed by atoms with E-state index in [2.05, 4.69) is 30.9 Å². The van der Waals surface area contributed by atoms with Crippen LogP contribution in [-0.2, 0) is 4.74 Å². The normalized spacial score (nSPS) is 17.9. The lowest BCUT2D eigenvalue weighted by molar-refractivity contribution is -0.0690. The first-order valence-electron chi connectivity index (χ1n) is 7.97. The van der Waals surface area contributed by atoms with Crippen molar-refractivity contribution in [3.05, 3.63) is 42.1 Å². The van der Waals surface area contributed by atoms with Crippen molar-refractivity contribution in [3.8, 4) is 0 Å². The molecule has 0 bridgehead atoms. The summed E-state index contributed by atoms with van der Waals surface area (Å²) in [5, 5.41) is 11.8. The van der Waals surface area contributed by atoms with Gasteiger partial charge in [0, 0.05) is 0 Å². The van der Waals surface area contributed by atoms with E-state index in [0.29, 0.717) is 0 Å². The Labute approximate surface area is 139 Å². The predicted molar refractivity (Wildman–Crippen MR) is 95.5 cm³/mol. The molecule has 0 radical (unpaired) electrons. The monoisotopic (exact) mass is 333 g/mol. The number of rotatable bonds is 3. The largest absolute Gasteiger partial charge is 0.444 e. The molecular formula is C18H27NO3Si. The van der Waals surface area contributed by atoms with Gasteiger partial charge in [0.1, 0.15) is 19.3 Å². The summed E-state index contributed by atoms with van der Waals surface area (Å²) in [4.78, 5) is 13.5. The minimum atomic E-state index is -1.73.